The number of carbonyl (C=O) groups excluding carboxylic acids is 1. The molecule has 1 atom stereocenters. The predicted molar refractivity (Wildman–Crippen MR) is 136 cm³/mol. The molecule has 6 rings (SSSR count). The highest BCUT2D eigenvalue weighted by molar-refractivity contribution is 5.91. The Labute approximate surface area is 205 Å². The second-order valence-electron chi connectivity index (χ2n) is 9.62. The molecule has 0 aliphatic heterocycles. The molecule has 1 saturated carbocycles. The lowest BCUT2D eigenvalue weighted by atomic mass is 9.83. The largest absolute Gasteiger partial charge is 0.441 e. The van der Waals surface area contributed by atoms with E-state index in [0.717, 1.165) is 29.9 Å². The number of ether oxygens (including phenoxy) is 1. The molecular formula is C30H28N2O3. The average Bonchev–Trinajstić information content (AvgIpc) is 3.68. The van der Waals surface area contributed by atoms with Crippen LogP contribution in [0.4, 0.5) is 10.5 Å². The molecule has 5 nitrogen and oxygen atoms in total. The van der Waals surface area contributed by atoms with E-state index in [1.54, 1.807) is 0 Å². The first-order valence-corrected chi connectivity index (χ1v) is 12.3. The lowest BCUT2D eigenvalue weighted by Gasteiger charge is -2.21. The monoisotopic (exact) mass is 464 g/mol. The summed E-state index contributed by atoms with van der Waals surface area (Å²) in [7, 11) is 0. The SMILES string of the molecule is Cc1noc(-c2ccc3c(c2)CCc2cc(C4CC4)ccc2-3)c1NC(=O)O[C@H](C)c1ccccc1. The minimum atomic E-state index is -0.535. The number of hydrogen-bond acceptors (Lipinski definition) is 4. The lowest BCUT2D eigenvalue weighted by molar-refractivity contribution is 0.121. The van der Waals surface area contributed by atoms with Crippen LogP contribution in [0.25, 0.3) is 22.5 Å². The number of nitrogens with zero attached hydrogens (tertiary/aromatic N) is 1. The normalized spacial score (nSPS) is 15.1. The van der Waals surface area contributed by atoms with Crippen molar-refractivity contribution in [2.75, 3.05) is 5.32 Å². The Kier molecular flexibility index (Phi) is 5.40. The van der Waals surface area contributed by atoms with E-state index in [2.05, 4.69) is 40.8 Å². The van der Waals surface area contributed by atoms with E-state index < -0.39 is 6.09 Å². The average molecular weight is 465 g/mol. The van der Waals surface area contributed by atoms with E-state index in [1.165, 1.54) is 40.7 Å². The van der Waals surface area contributed by atoms with Crippen LogP contribution in [0.15, 0.2) is 71.3 Å². The predicted octanol–water partition coefficient (Wildman–Crippen LogP) is 7.60. The molecule has 2 aliphatic carbocycles. The summed E-state index contributed by atoms with van der Waals surface area (Å²) in [5, 5.41) is 6.98. The van der Waals surface area contributed by atoms with Gasteiger partial charge in [0.25, 0.3) is 0 Å². The van der Waals surface area contributed by atoms with E-state index in [4.69, 9.17) is 9.26 Å². The molecule has 1 aromatic heterocycles. The molecule has 1 heterocycles. The molecule has 1 N–H and O–H groups in total. The van der Waals surface area contributed by atoms with Gasteiger partial charge in [-0.25, -0.2) is 4.79 Å². The zero-order valence-electron chi connectivity index (χ0n) is 20.0. The molecule has 1 amide bonds. The van der Waals surface area contributed by atoms with Crippen LogP contribution in [0.2, 0.25) is 0 Å². The number of rotatable bonds is 5. The number of benzene rings is 3. The molecule has 0 saturated heterocycles. The van der Waals surface area contributed by atoms with Gasteiger partial charge in [-0.1, -0.05) is 65.8 Å². The Bertz CT molecular complexity index is 1400. The van der Waals surface area contributed by atoms with Crippen LogP contribution < -0.4 is 5.32 Å². The molecule has 0 radical (unpaired) electrons. The summed E-state index contributed by atoms with van der Waals surface area (Å²) in [5.41, 5.74) is 9.81. The minimum absolute atomic E-state index is 0.371. The summed E-state index contributed by atoms with van der Waals surface area (Å²) >= 11 is 0. The molecule has 2 aliphatic rings. The van der Waals surface area contributed by atoms with E-state index in [9.17, 15) is 4.79 Å². The van der Waals surface area contributed by atoms with Crippen LogP contribution in [0.3, 0.4) is 0 Å². The second-order valence-corrected chi connectivity index (χ2v) is 9.62. The van der Waals surface area contributed by atoms with Crippen LogP contribution in [-0.4, -0.2) is 11.2 Å². The second kappa shape index (κ2) is 8.73. The maximum absolute atomic E-state index is 12.7. The van der Waals surface area contributed by atoms with Crippen LogP contribution in [-0.2, 0) is 17.6 Å². The number of aromatic nitrogens is 1. The van der Waals surface area contributed by atoms with Crippen LogP contribution >= 0.6 is 0 Å². The fourth-order valence-corrected chi connectivity index (χ4v) is 5.03. The van der Waals surface area contributed by atoms with E-state index in [1.807, 2.05) is 50.2 Å². The van der Waals surface area contributed by atoms with Gasteiger partial charge in [-0.3, -0.25) is 5.32 Å². The van der Waals surface area contributed by atoms with E-state index in [-0.39, 0.29) is 6.10 Å². The first-order valence-electron chi connectivity index (χ1n) is 12.3. The number of amides is 1. The highest BCUT2D eigenvalue weighted by Crippen LogP contribution is 2.43. The van der Waals surface area contributed by atoms with Gasteiger partial charge >= 0.3 is 6.09 Å². The van der Waals surface area contributed by atoms with Crippen molar-refractivity contribution in [1.82, 2.24) is 5.16 Å². The topological polar surface area (TPSA) is 64.4 Å². The summed E-state index contributed by atoms with van der Waals surface area (Å²) in [6.07, 6.45) is 3.76. The first kappa shape index (κ1) is 21.7. The molecule has 3 aromatic carbocycles. The summed E-state index contributed by atoms with van der Waals surface area (Å²) < 4.78 is 11.3. The van der Waals surface area contributed by atoms with Crippen molar-refractivity contribution in [2.24, 2.45) is 0 Å². The minimum Gasteiger partial charge on any atom is -0.441 e. The van der Waals surface area contributed by atoms with Gasteiger partial charge in [-0.05, 0) is 84.9 Å². The third-order valence-corrected chi connectivity index (χ3v) is 7.14. The summed E-state index contributed by atoms with van der Waals surface area (Å²) in [6, 6.07) is 23.0. The van der Waals surface area contributed by atoms with Crippen molar-refractivity contribution < 1.29 is 14.1 Å². The summed E-state index contributed by atoms with van der Waals surface area (Å²) in [6.45, 7) is 3.67. The number of carbonyl (C=O) groups is 1. The zero-order chi connectivity index (χ0) is 23.9. The summed E-state index contributed by atoms with van der Waals surface area (Å²) in [4.78, 5) is 12.7. The van der Waals surface area contributed by atoms with Gasteiger partial charge in [0.1, 0.15) is 17.5 Å². The van der Waals surface area contributed by atoms with Gasteiger partial charge in [0, 0.05) is 5.56 Å². The smallest absolute Gasteiger partial charge is 0.412 e. The number of aryl methyl sites for hydroxylation is 3. The number of nitrogens with one attached hydrogen (secondary N) is 1. The van der Waals surface area contributed by atoms with Gasteiger partial charge in [0.05, 0.1) is 0 Å². The van der Waals surface area contributed by atoms with Crippen molar-refractivity contribution in [3.63, 3.8) is 0 Å². The van der Waals surface area contributed by atoms with E-state index >= 15 is 0 Å². The van der Waals surface area contributed by atoms with Crippen LogP contribution in [0, 0.1) is 6.92 Å². The molecule has 4 aromatic rings. The molecule has 0 bridgehead atoms. The van der Waals surface area contributed by atoms with Crippen molar-refractivity contribution in [3.8, 4) is 22.5 Å². The van der Waals surface area contributed by atoms with Crippen molar-refractivity contribution >= 4 is 11.8 Å². The Hall–Kier alpha value is -3.86. The molecule has 0 unspecified atom stereocenters. The van der Waals surface area contributed by atoms with E-state index in [0.29, 0.717) is 17.1 Å². The van der Waals surface area contributed by atoms with Crippen LogP contribution in [0.1, 0.15) is 59.7 Å². The van der Waals surface area contributed by atoms with Gasteiger partial charge in [0.15, 0.2) is 5.76 Å². The highest BCUT2D eigenvalue weighted by atomic mass is 16.6. The molecule has 176 valence electrons. The Morgan fingerprint density at radius 1 is 1.00 bits per heavy atom. The molecule has 1 fully saturated rings. The fourth-order valence-electron chi connectivity index (χ4n) is 5.03. The maximum Gasteiger partial charge on any atom is 0.412 e. The van der Waals surface area contributed by atoms with Gasteiger partial charge in [-0.2, -0.15) is 0 Å². The highest BCUT2D eigenvalue weighted by Gasteiger charge is 2.26. The zero-order valence-corrected chi connectivity index (χ0v) is 20.0. The maximum atomic E-state index is 12.7. The number of fused-ring (bicyclic) bond motifs is 3. The number of hydrogen-bond donors (Lipinski definition) is 1. The summed E-state index contributed by atoms with van der Waals surface area (Å²) in [5.74, 6) is 1.32. The third kappa shape index (κ3) is 4.23. The fraction of sp³-hybridized carbons (Fsp3) is 0.267. The molecule has 35 heavy (non-hydrogen) atoms. The third-order valence-electron chi connectivity index (χ3n) is 7.14. The Balaban J connectivity index is 1.24. The lowest BCUT2D eigenvalue weighted by Crippen LogP contribution is -2.16. The quantitative estimate of drug-likeness (QED) is 0.330. The Morgan fingerprint density at radius 2 is 1.71 bits per heavy atom. The van der Waals surface area contributed by atoms with Gasteiger partial charge in [0.2, 0.25) is 0 Å². The van der Waals surface area contributed by atoms with Crippen molar-refractivity contribution in [3.05, 3.63) is 94.7 Å². The standard InChI is InChI=1S/C30H28N2O3/c1-18-28(31-30(33)34-19(2)20-6-4-3-5-7-20)29(35-32-18)25-13-15-27-24(17-25)11-10-23-16-22(21-8-9-21)12-14-26(23)27/h3-7,12-17,19,21H,8-11H2,1-2H3,(H,31,33)/t19-/m1/s1. The van der Waals surface area contributed by atoms with Crippen LogP contribution in [0.5, 0.6) is 0 Å². The Morgan fingerprint density at radius 3 is 2.46 bits per heavy atom. The van der Waals surface area contributed by atoms with Gasteiger partial charge < -0.3 is 9.26 Å². The number of anilines is 1. The molecule has 5 heteroatoms. The first-order chi connectivity index (χ1) is 17.1. The van der Waals surface area contributed by atoms with Crippen molar-refractivity contribution in [1.29, 1.82) is 0 Å². The molecular weight excluding hydrogens is 436 g/mol. The molecule has 0 spiro atoms. The van der Waals surface area contributed by atoms with Crippen molar-refractivity contribution in [2.45, 2.75) is 51.6 Å². The van der Waals surface area contributed by atoms with Gasteiger partial charge in [-0.15, -0.1) is 0 Å².